The summed E-state index contributed by atoms with van der Waals surface area (Å²) in [7, 11) is 3.40. The van der Waals surface area contributed by atoms with E-state index in [2.05, 4.69) is 144 Å². The normalized spacial score (nSPS) is 11.5. The SMILES string of the molecule is COc1ccc(-c2cc(-c3ccc(OC)cc3)cc(-c3ccc(-c4cc5ccc6cccc7c6c5c(c4)n7-c4ccccc4)cc3)c2)cc1. The molecule has 0 spiro atoms. The minimum absolute atomic E-state index is 0.846. The molecule has 49 heavy (non-hydrogen) atoms. The maximum absolute atomic E-state index is 5.43. The van der Waals surface area contributed by atoms with Gasteiger partial charge in [-0.3, -0.25) is 0 Å². The van der Waals surface area contributed by atoms with Crippen molar-refractivity contribution in [2.75, 3.05) is 14.2 Å². The number of nitrogens with zero attached hydrogens (tertiary/aromatic N) is 1. The Kier molecular flexibility index (Phi) is 6.91. The molecule has 0 atom stereocenters. The van der Waals surface area contributed by atoms with Crippen LogP contribution in [0.15, 0.2) is 164 Å². The van der Waals surface area contributed by atoms with Crippen molar-refractivity contribution in [3.63, 3.8) is 0 Å². The first-order chi connectivity index (χ1) is 24.2. The summed E-state index contributed by atoms with van der Waals surface area (Å²) in [5, 5.41) is 5.17. The molecule has 3 heteroatoms. The van der Waals surface area contributed by atoms with E-state index in [1.165, 1.54) is 55.0 Å². The lowest BCUT2D eigenvalue weighted by molar-refractivity contribution is 0.415. The van der Waals surface area contributed by atoms with Gasteiger partial charge in [0.15, 0.2) is 0 Å². The molecule has 0 bridgehead atoms. The van der Waals surface area contributed by atoms with Gasteiger partial charge in [0.1, 0.15) is 11.5 Å². The highest BCUT2D eigenvalue weighted by Crippen LogP contribution is 2.41. The van der Waals surface area contributed by atoms with Gasteiger partial charge in [-0.25, -0.2) is 0 Å². The highest BCUT2D eigenvalue weighted by Gasteiger charge is 2.18. The molecule has 234 valence electrons. The molecule has 0 aliphatic heterocycles. The highest BCUT2D eigenvalue weighted by molar-refractivity contribution is 6.25. The summed E-state index contributed by atoms with van der Waals surface area (Å²) in [5.41, 5.74) is 12.9. The second-order valence-corrected chi connectivity index (χ2v) is 12.5. The molecule has 1 heterocycles. The lowest BCUT2D eigenvalue weighted by Crippen LogP contribution is -1.93. The van der Waals surface area contributed by atoms with Crippen molar-refractivity contribution < 1.29 is 9.47 Å². The topological polar surface area (TPSA) is 23.4 Å². The second kappa shape index (κ2) is 11.7. The van der Waals surface area contributed by atoms with Crippen molar-refractivity contribution in [3.05, 3.63) is 164 Å². The van der Waals surface area contributed by atoms with E-state index in [1.54, 1.807) is 14.2 Å². The van der Waals surface area contributed by atoms with Gasteiger partial charge in [-0.05, 0) is 128 Å². The lowest BCUT2D eigenvalue weighted by atomic mass is 9.92. The van der Waals surface area contributed by atoms with Crippen molar-refractivity contribution in [1.82, 2.24) is 4.57 Å². The summed E-state index contributed by atoms with van der Waals surface area (Å²) < 4.78 is 13.3. The van der Waals surface area contributed by atoms with Crippen molar-refractivity contribution in [2.24, 2.45) is 0 Å². The van der Waals surface area contributed by atoms with Gasteiger partial charge in [0.2, 0.25) is 0 Å². The van der Waals surface area contributed by atoms with Crippen LogP contribution in [-0.4, -0.2) is 18.8 Å². The van der Waals surface area contributed by atoms with Crippen LogP contribution in [0.5, 0.6) is 11.5 Å². The summed E-state index contributed by atoms with van der Waals surface area (Å²) in [4.78, 5) is 0. The molecule has 3 nitrogen and oxygen atoms in total. The molecular formula is C46H33NO2. The number of rotatable bonds is 7. The first-order valence-corrected chi connectivity index (χ1v) is 16.6. The predicted octanol–water partition coefficient (Wildman–Crippen LogP) is 12.1. The third kappa shape index (κ3) is 4.99. The van der Waals surface area contributed by atoms with Gasteiger partial charge >= 0.3 is 0 Å². The van der Waals surface area contributed by atoms with E-state index >= 15 is 0 Å². The van der Waals surface area contributed by atoms with Gasteiger partial charge in [-0.2, -0.15) is 0 Å². The van der Waals surface area contributed by atoms with Gasteiger partial charge < -0.3 is 14.0 Å². The quantitative estimate of drug-likeness (QED) is 0.163. The maximum Gasteiger partial charge on any atom is 0.118 e. The average molecular weight is 632 g/mol. The zero-order valence-electron chi connectivity index (χ0n) is 27.4. The Labute approximate surface area is 285 Å². The van der Waals surface area contributed by atoms with E-state index in [4.69, 9.17) is 9.47 Å². The third-order valence-electron chi connectivity index (χ3n) is 9.74. The van der Waals surface area contributed by atoms with Gasteiger partial charge in [0.25, 0.3) is 0 Å². The Morgan fingerprint density at radius 2 is 0.816 bits per heavy atom. The molecule has 0 aliphatic rings. The Hall–Kier alpha value is -6.32. The van der Waals surface area contributed by atoms with Crippen molar-refractivity contribution in [1.29, 1.82) is 0 Å². The zero-order valence-corrected chi connectivity index (χ0v) is 27.4. The third-order valence-corrected chi connectivity index (χ3v) is 9.74. The Balaban J connectivity index is 1.16. The van der Waals surface area contributed by atoms with Crippen LogP contribution in [-0.2, 0) is 0 Å². The summed E-state index contributed by atoms with van der Waals surface area (Å²) in [6.07, 6.45) is 0. The second-order valence-electron chi connectivity index (χ2n) is 12.5. The minimum atomic E-state index is 0.846. The molecule has 0 amide bonds. The summed E-state index contributed by atoms with van der Waals surface area (Å²) >= 11 is 0. The summed E-state index contributed by atoms with van der Waals surface area (Å²) in [6, 6.07) is 58.9. The number of aromatic nitrogens is 1. The van der Waals surface area contributed by atoms with E-state index in [1.807, 2.05) is 24.3 Å². The van der Waals surface area contributed by atoms with Crippen molar-refractivity contribution >= 4 is 32.6 Å². The number of methoxy groups -OCH3 is 2. The molecule has 8 aromatic carbocycles. The summed E-state index contributed by atoms with van der Waals surface area (Å²) in [6.45, 7) is 0. The molecule has 9 rings (SSSR count). The predicted molar refractivity (Wildman–Crippen MR) is 204 cm³/mol. The van der Waals surface area contributed by atoms with Crippen molar-refractivity contribution in [2.45, 2.75) is 0 Å². The molecule has 9 aromatic rings. The number of ether oxygens (including phenoxy) is 2. The Bertz CT molecular complexity index is 2510. The van der Waals surface area contributed by atoms with Gasteiger partial charge in [0, 0.05) is 16.5 Å². The number of hydrogen-bond donors (Lipinski definition) is 0. The number of hydrogen-bond acceptors (Lipinski definition) is 2. The van der Waals surface area contributed by atoms with Crippen LogP contribution in [0.4, 0.5) is 0 Å². The Morgan fingerprint density at radius 1 is 0.347 bits per heavy atom. The van der Waals surface area contributed by atoms with Gasteiger partial charge in [-0.15, -0.1) is 0 Å². The van der Waals surface area contributed by atoms with E-state index in [-0.39, 0.29) is 0 Å². The van der Waals surface area contributed by atoms with Crippen molar-refractivity contribution in [3.8, 4) is 61.7 Å². The maximum atomic E-state index is 5.43. The van der Waals surface area contributed by atoms with E-state index in [0.29, 0.717) is 0 Å². The molecule has 1 aromatic heterocycles. The number of benzene rings is 8. The first kappa shape index (κ1) is 28.9. The first-order valence-electron chi connectivity index (χ1n) is 16.6. The van der Waals surface area contributed by atoms with Crippen LogP contribution < -0.4 is 9.47 Å². The van der Waals surface area contributed by atoms with Crippen LogP contribution in [0, 0.1) is 0 Å². The molecule has 0 N–H and O–H groups in total. The lowest BCUT2D eigenvalue weighted by Gasteiger charge is -2.13. The molecule has 0 unspecified atom stereocenters. The molecular weight excluding hydrogens is 599 g/mol. The van der Waals surface area contributed by atoms with E-state index < -0.39 is 0 Å². The minimum Gasteiger partial charge on any atom is -0.497 e. The fraction of sp³-hybridized carbons (Fsp3) is 0.0435. The van der Waals surface area contributed by atoms with E-state index in [9.17, 15) is 0 Å². The van der Waals surface area contributed by atoms with Gasteiger partial charge in [-0.1, -0.05) is 91.0 Å². The molecule has 0 radical (unpaired) electrons. The smallest absolute Gasteiger partial charge is 0.118 e. The van der Waals surface area contributed by atoms with Crippen LogP contribution >= 0.6 is 0 Å². The molecule has 0 saturated carbocycles. The van der Waals surface area contributed by atoms with Gasteiger partial charge in [0.05, 0.1) is 25.3 Å². The standard InChI is InChI=1S/C46H33NO2/c1-48-41-21-17-32(18-22-41)37-26-36(27-38(28-37)33-19-23-42(49-2)24-20-33)30-11-13-31(14-12-30)39-25-35-16-15-34-7-6-10-43-45(34)46(35)44(29-39)47(43)40-8-4-3-5-9-40/h3-29H,1-2H3. The summed E-state index contributed by atoms with van der Waals surface area (Å²) in [5.74, 6) is 1.69. The van der Waals surface area contributed by atoms with Crippen LogP contribution in [0.2, 0.25) is 0 Å². The number of para-hydroxylation sites is 1. The van der Waals surface area contributed by atoms with E-state index in [0.717, 1.165) is 39.3 Å². The van der Waals surface area contributed by atoms with Crippen LogP contribution in [0.25, 0.3) is 82.8 Å². The largest absolute Gasteiger partial charge is 0.497 e. The zero-order chi connectivity index (χ0) is 32.9. The van der Waals surface area contributed by atoms with Crippen LogP contribution in [0.1, 0.15) is 0 Å². The highest BCUT2D eigenvalue weighted by atomic mass is 16.5. The molecule has 0 aliphatic carbocycles. The fourth-order valence-corrected chi connectivity index (χ4v) is 7.26. The molecule has 0 saturated heterocycles. The van der Waals surface area contributed by atoms with Crippen LogP contribution in [0.3, 0.4) is 0 Å². The fourth-order valence-electron chi connectivity index (χ4n) is 7.26. The Morgan fingerprint density at radius 3 is 1.35 bits per heavy atom. The monoisotopic (exact) mass is 631 g/mol. The molecule has 0 fully saturated rings. The average Bonchev–Trinajstić information content (AvgIpc) is 3.52.